The van der Waals surface area contributed by atoms with Crippen LogP contribution in [0.1, 0.15) is 31.0 Å². The van der Waals surface area contributed by atoms with E-state index in [4.69, 9.17) is 10.9 Å². The maximum Gasteiger partial charge on any atom is 0.234 e. The molecule has 0 aromatic carbocycles. The minimum absolute atomic E-state index is 0.00750. The highest BCUT2D eigenvalue weighted by molar-refractivity contribution is 6.09. The Balaban J connectivity index is 2.01. The Morgan fingerprint density at radius 1 is 1.68 bits per heavy atom. The van der Waals surface area contributed by atoms with Gasteiger partial charge in [0, 0.05) is 25.4 Å². The van der Waals surface area contributed by atoms with Crippen LogP contribution in [0.15, 0.2) is 11.4 Å². The van der Waals surface area contributed by atoms with Gasteiger partial charge in [0.05, 0.1) is 5.69 Å². The van der Waals surface area contributed by atoms with Crippen LogP contribution < -0.4 is 11.1 Å². The van der Waals surface area contributed by atoms with Crippen LogP contribution in [-0.4, -0.2) is 26.7 Å². The van der Waals surface area contributed by atoms with Crippen molar-refractivity contribution in [2.45, 2.75) is 32.7 Å². The Morgan fingerprint density at radius 3 is 2.89 bits per heavy atom. The number of carbonyl (C=O) groups is 1. The number of nitrogens with one attached hydrogen (secondary N) is 1. The Labute approximate surface area is 111 Å². The van der Waals surface area contributed by atoms with Crippen molar-refractivity contribution in [3.05, 3.63) is 17.5 Å². The summed E-state index contributed by atoms with van der Waals surface area (Å²) in [7, 11) is 1.85. The largest absolute Gasteiger partial charge is 0.409 e. The van der Waals surface area contributed by atoms with Crippen LogP contribution in [0.5, 0.6) is 0 Å². The van der Waals surface area contributed by atoms with Crippen molar-refractivity contribution in [2.24, 2.45) is 23.4 Å². The van der Waals surface area contributed by atoms with Gasteiger partial charge in [-0.3, -0.25) is 9.48 Å². The number of carbonyl (C=O) groups excluding carboxylic acids is 1. The maximum atomic E-state index is 12.1. The van der Waals surface area contributed by atoms with Gasteiger partial charge in [0.2, 0.25) is 5.91 Å². The zero-order valence-corrected chi connectivity index (χ0v) is 11.2. The fraction of sp³-hybridized carbons (Fsp3) is 0.583. The summed E-state index contributed by atoms with van der Waals surface area (Å²) in [5.74, 6) is -0.194. The zero-order valence-electron chi connectivity index (χ0n) is 11.2. The summed E-state index contributed by atoms with van der Waals surface area (Å²) in [6.45, 7) is 2.43. The van der Waals surface area contributed by atoms with E-state index < -0.39 is 5.41 Å². The molecule has 1 fully saturated rings. The van der Waals surface area contributed by atoms with Gasteiger partial charge in [-0.15, -0.1) is 0 Å². The van der Waals surface area contributed by atoms with Crippen LogP contribution in [-0.2, 0) is 24.8 Å². The molecule has 0 aliphatic heterocycles. The van der Waals surface area contributed by atoms with Crippen molar-refractivity contribution in [1.82, 2.24) is 15.1 Å². The molecule has 4 N–H and O–H groups in total. The van der Waals surface area contributed by atoms with Crippen LogP contribution in [0.4, 0.5) is 0 Å². The molecule has 0 spiro atoms. The van der Waals surface area contributed by atoms with Crippen LogP contribution >= 0.6 is 0 Å². The molecular formula is C12H19N5O2. The van der Waals surface area contributed by atoms with E-state index in [-0.39, 0.29) is 11.7 Å². The average Bonchev–Trinajstić information content (AvgIpc) is 3.14. The molecule has 1 aliphatic rings. The zero-order chi connectivity index (χ0) is 14.0. The smallest absolute Gasteiger partial charge is 0.234 e. The fourth-order valence-corrected chi connectivity index (χ4v) is 2.19. The lowest BCUT2D eigenvalue weighted by Crippen LogP contribution is -2.40. The third-order valence-electron chi connectivity index (χ3n) is 3.55. The Bertz CT molecular complexity index is 516. The molecule has 19 heavy (non-hydrogen) atoms. The van der Waals surface area contributed by atoms with E-state index in [1.165, 1.54) is 0 Å². The second-order valence-corrected chi connectivity index (χ2v) is 4.88. The molecule has 1 aliphatic carbocycles. The van der Waals surface area contributed by atoms with Gasteiger partial charge in [-0.2, -0.15) is 5.10 Å². The number of hydrogen-bond donors (Lipinski definition) is 3. The third kappa shape index (κ3) is 2.40. The van der Waals surface area contributed by atoms with E-state index in [1.807, 2.05) is 20.2 Å². The van der Waals surface area contributed by atoms with Gasteiger partial charge in [0.25, 0.3) is 0 Å². The number of aromatic nitrogens is 2. The van der Waals surface area contributed by atoms with Gasteiger partial charge < -0.3 is 16.3 Å². The minimum atomic E-state index is -0.802. The number of hydrogen-bond acceptors (Lipinski definition) is 4. The SMILES string of the molecule is CCc1nn(C)cc1CNC(=O)C1(/C(N)=N/O)CC1. The van der Waals surface area contributed by atoms with Gasteiger partial charge >= 0.3 is 0 Å². The molecular weight excluding hydrogens is 246 g/mol. The molecule has 1 aromatic rings. The predicted molar refractivity (Wildman–Crippen MR) is 69.5 cm³/mol. The summed E-state index contributed by atoms with van der Waals surface area (Å²) in [5.41, 5.74) is 6.73. The number of aryl methyl sites for hydroxylation is 2. The first-order valence-corrected chi connectivity index (χ1v) is 6.31. The van der Waals surface area contributed by atoms with Crippen LogP contribution in [0.25, 0.3) is 0 Å². The second kappa shape index (κ2) is 4.91. The molecule has 0 unspecified atom stereocenters. The van der Waals surface area contributed by atoms with E-state index in [2.05, 4.69) is 15.6 Å². The lowest BCUT2D eigenvalue weighted by molar-refractivity contribution is -0.124. The van der Waals surface area contributed by atoms with Gasteiger partial charge in [-0.1, -0.05) is 12.1 Å². The Kier molecular flexibility index (Phi) is 3.46. The first kappa shape index (κ1) is 13.4. The highest BCUT2D eigenvalue weighted by atomic mass is 16.4. The molecule has 0 bridgehead atoms. The summed E-state index contributed by atoms with van der Waals surface area (Å²) in [4.78, 5) is 12.1. The van der Waals surface area contributed by atoms with Crippen molar-refractivity contribution >= 4 is 11.7 Å². The average molecular weight is 265 g/mol. The minimum Gasteiger partial charge on any atom is -0.409 e. The summed E-state index contributed by atoms with van der Waals surface area (Å²) >= 11 is 0. The standard InChI is InChI=1S/C12H19N5O2/c1-3-9-8(7-17(2)15-9)6-14-11(18)12(4-5-12)10(13)16-19/h7,19H,3-6H2,1-2H3,(H2,13,16)(H,14,18). The molecule has 0 radical (unpaired) electrons. The van der Waals surface area contributed by atoms with Gasteiger partial charge in [-0.25, -0.2) is 0 Å². The van der Waals surface area contributed by atoms with E-state index >= 15 is 0 Å². The van der Waals surface area contributed by atoms with E-state index in [0.717, 1.165) is 17.7 Å². The number of nitrogens with two attached hydrogens (primary N) is 1. The normalized spacial score (nSPS) is 17.3. The predicted octanol–water partition coefficient (Wildman–Crippen LogP) is 0.125. The van der Waals surface area contributed by atoms with Crippen molar-refractivity contribution in [1.29, 1.82) is 0 Å². The maximum absolute atomic E-state index is 12.1. The molecule has 7 nitrogen and oxygen atoms in total. The summed E-state index contributed by atoms with van der Waals surface area (Å²) < 4.78 is 1.73. The molecule has 0 atom stereocenters. The summed E-state index contributed by atoms with van der Waals surface area (Å²) in [5, 5.41) is 18.8. The van der Waals surface area contributed by atoms with Gasteiger partial charge in [0.15, 0.2) is 5.84 Å². The number of amidine groups is 1. The van der Waals surface area contributed by atoms with Crippen molar-refractivity contribution < 1.29 is 10.0 Å². The number of oxime groups is 1. The lowest BCUT2D eigenvalue weighted by Gasteiger charge is -2.13. The quantitative estimate of drug-likeness (QED) is 0.304. The number of amides is 1. The Hall–Kier alpha value is -2.05. The molecule has 2 rings (SSSR count). The van der Waals surface area contributed by atoms with Crippen LogP contribution in [0, 0.1) is 5.41 Å². The molecule has 104 valence electrons. The molecule has 1 heterocycles. The Morgan fingerprint density at radius 2 is 2.37 bits per heavy atom. The van der Waals surface area contributed by atoms with Gasteiger partial charge in [-0.05, 0) is 19.3 Å². The number of nitrogens with zero attached hydrogens (tertiary/aromatic N) is 3. The highest BCUT2D eigenvalue weighted by Crippen LogP contribution is 2.46. The number of rotatable bonds is 5. The van der Waals surface area contributed by atoms with Gasteiger partial charge in [0.1, 0.15) is 5.41 Å². The first-order valence-electron chi connectivity index (χ1n) is 6.31. The van der Waals surface area contributed by atoms with Crippen molar-refractivity contribution in [3.8, 4) is 0 Å². The third-order valence-corrected chi connectivity index (χ3v) is 3.55. The van der Waals surface area contributed by atoms with E-state index in [1.54, 1.807) is 4.68 Å². The highest BCUT2D eigenvalue weighted by Gasteiger charge is 2.54. The van der Waals surface area contributed by atoms with Crippen molar-refractivity contribution in [2.75, 3.05) is 0 Å². The topological polar surface area (TPSA) is 106 Å². The second-order valence-electron chi connectivity index (χ2n) is 4.88. The van der Waals surface area contributed by atoms with E-state index in [9.17, 15) is 4.79 Å². The monoisotopic (exact) mass is 265 g/mol. The molecule has 1 saturated carbocycles. The summed E-state index contributed by atoms with van der Waals surface area (Å²) in [6, 6.07) is 0. The lowest BCUT2D eigenvalue weighted by atomic mass is 10.1. The molecule has 0 saturated heterocycles. The van der Waals surface area contributed by atoms with Crippen LogP contribution in [0.2, 0.25) is 0 Å². The molecule has 1 aromatic heterocycles. The molecule has 1 amide bonds. The summed E-state index contributed by atoms with van der Waals surface area (Å²) in [6.07, 6.45) is 3.96. The fourth-order valence-electron chi connectivity index (χ4n) is 2.19. The van der Waals surface area contributed by atoms with Crippen LogP contribution in [0.3, 0.4) is 0 Å². The van der Waals surface area contributed by atoms with E-state index in [0.29, 0.717) is 19.4 Å². The molecule has 7 heteroatoms. The first-order chi connectivity index (χ1) is 9.03. The van der Waals surface area contributed by atoms with Crippen molar-refractivity contribution in [3.63, 3.8) is 0 Å².